The number of H-pyrrole nitrogens is 1. The predicted molar refractivity (Wildman–Crippen MR) is 79.3 cm³/mol. The highest BCUT2D eigenvalue weighted by molar-refractivity contribution is 6.49. The van der Waals surface area contributed by atoms with Gasteiger partial charge in [0.05, 0.1) is 11.0 Å². The molecule has 0 amide bonds. The summed E-state index contributed by atoms with van der Waals surface area (Å²) in [5.74, 6) is 0.487. The molecule has 0 saturated heterocycles. The van der Waals surface area contributed by atoms with E-state index in [4.69, 9.17) is 4.43 Å². The Morgan fingerprint density at radius 3 is 2.40 bits per heavy atom. The molecule has 0 radical (unpaired) electrons. The van der Waals surface area contributed by atoms with Gasteiger partial charge < -0.3 is 9.41 Å². The molecule has 3 nitrogen and oxygen atoms in total. The molecule has 1 N–H and O–H groups in total. The van der Waals surface area contributed by atoms with Gasteiger partial charge in [0.2, 0.25) is 9.04 Å². The van der Waals surface area contributed by atoms with E-state index in [-0.39, 0.29) is 11.2 Å². The van der Waals surface area contributed by atoms with Crippen LogP contribution in [-0.2, 0) is 5.41 Å². The lowest BCUT2D eigenvalue weighted by Gasteiger charge is -2.24. The van der Waals surface area contributed by atoms with Crippen molar-refractivity contribution in [2.75, 3.05) is 0 Å². The molecule has 0 bridgehead atoms. The van der Waals surface area contributed by atoms with Gasteiger partial charge in [-0.2, -0.15) is 0 Å². The SMILES string of the molecule is C[SiH](C)Oc1ccc2nc(C(F)F)[nH]c2c1C(C)(C)C. The molecule has 0 fully saturated rings. The van der Waals surface area contributed by atoms with Crippen LogP contribution >= 0.6 is 0 Å². The van der Waals surface area contributed by atoms with Crippen molar-refractivity contribution in [2.24, 2.45) is 0 Å². The summed E-state index contributed by atoms with van der Waals surface area (Å²) in [7, 11) is -1.27. The molecule has 6 heteroatoms. The monoisotopic (exact) mass is 298 g/mol. The van der Waals surface area contributed by atoms with E-state index in [0.29, 0.717) is 11.0 Å². The van der Waals surface area contributed by atoms with Gasteiger partial charge in [0.15, 0.2) is 5.82 Å². The number of nitrogens with zero attached hydrogens (tertiary/aromatic N) is 1. The van der Waals surface area contributed by atoms with E-state index in [1.54, 1.807) is 6.07 Å². The third-order valence-electron chi connectivity index (χ3n) is 2.96. The maximum Gasteiger partial charge on any atom is 0.295 e. The lowest BCUT2D eigenvalue weighted by Crippen LogP contribution is -2.18. The van der Waals surface area contributed by atoms with E-state index < -0.39 is 15.5 Å². The number of imidazole rings is 1. The summed E-state index contributed by atoms with van der Waals surface area (Å²) in [4.78, 5) is 6.72. The summed E-state index contributed by atoms with van der Waals surface area (Å²) >= 11 is 0. The number of rotatable bonds is 3. The molecule has 1 aromatic heterocycles. The van der Waals surface area contributed by atoms with Crippen molar-refractivity contribution >= 4 is 20.1 Å². The summed E-state index contributed by atoms with van der Waals surface area (Å²) < 4.78 is 31.6. The second-order valence-electron chi connectivity index (χ2n) is 6.17. The van der Waals surface area contributed by atoms with Crippen LogP contribution in [0.25, 0.3) is 11.0 Å². The summed E-state index contributed by atoms with van der Waals surface area (Å²) in [6.07, 6.45) is -2.60. The fourth-order valence-electron chi connectivity index (χ4n) is 2.28. The van der Waals surface area contributed by atoms with Crippen LogP contribution in [0.1, 0.15) is 38.6 Å². The molecule has 2 aromatic rings. The van der Waals surface area contributed by atoms with Crippen molar-refractivity contribution in [2.45, 2.75) is 45.7 Å². The minimum Gasteiger partial charge on any atom is -0.547 e. The number of fused-ring (bicyclic) bond motifs is 1. The highest BCUT2D eigenvalue weighted by Crippen LogP contribution is 2.37. The maximum absolute atomic E-state index is 12.8. The van der Waals surface area contributed by atoms with Crippen molar-refractivity contribution in [3.05, 3.63) is 23.5 Å². The predicted octanol–water partition coefficient (Wildman–Crippen LogP) is 4.16. The van der Waals surface area contributed by atoms with Gasteiger partial charge in [-0.1, -0.05) is 20.8 Å². The van der Waals surface area contributed by atoms with Crippen LogP contribution in [0.2, 0.25) is 13.1 Å². The van der Waals surface area contributed by atoms with Gasteiger partial charge in [0.25, 0.3) is 6.43 Å². The van der Waals surface area contributed by atoms with Gasteiger partial charge in [-0.25, -0.2) is 13.8 Å². The average molecular weight is 298 g/mol. The van der Waals surface area contributed by atoms with Crippen LogP contribution in [0.4, 0.5) is 8.78 Å². The van der Waals surface area contributed by atoms with Crippen LogP contribution in [0, 0.1) is 0 Å². The normalized spacial score (nSPS) is 12.7. The smallest absolute Gasteiger partial charge is 0.295 e. The van der Waals surface area contributed by atoms with E-state index in [1.807, 2.05) is 26.8 Å². The molecule has 110 valence electrons. The van der Waals surface area contributed by atoms with Crippen LogP contribution < -0.4 is 4.43 Å². The highest BCUT2D eigenvalue weighted by atomic mass is 28.3. The fourth-order valence-corrected chi connectivity index (χ4v) is 2.98. The first-order valence-electron chi connectivity index (χ1n) is 6.68. The van der Waals surface area contributed by atoms with Gasteiger partial charge in [0, 0.05) is 5.56 Å². The first-order chi connectivity index (χ1) is 9.20. The number of benzene rings is 1. The molecule has 0 aliphatic heterocycles. The second kappa shape index (κ2) is 5.16. The van der Waals surface area contributed by atoms with Gasteiger partial charge in [0.1, 0.15) is 5.75 Å². The standard InChI is InChI=1S/C14H20F2N2OSi/c1-14(2,3)10-9(19-20(4)5)7-6-8-11(10)18-13(17-8)12(15)16/h6-7,12,20H,1-5H3,(H,17,18). The largest absolute Gasteiger partial charge is 0.547 e. The average Bonchev–Trinajstić information content (AvgIpc) is 2.69. The van der Waals surface area contributed by atoms with Crippen molar-refractivity contribution in [3.63, 3.8) is 0 Å². The number of hydrogen-bond donors (Lipinski definition) is 1. The summed E-state index contributed by atoms with van der Waals surface area (Å²) in [6, 6.07) is 3.57. The van der Waals surface area contributed by atoms with E-state index in [0.717, 1.165) is 11.3 Å². The van der Waals surface area contributed by atoms with Gasteiger partial charge in [-0.05, 0) is 30.6 Å². The Morgan fingerprint density at radius 2 is 1.90 bits per heavy atom. The van der Waals surface area contributed by atoms with E-state index in [9.17, 15) is 8.78 Å². The number of hydrogen-bond acceptors (Lipinski definition) is 2. The molecule has 0 atom stereocenters. The number of nitrogens with one attached hydrogen (secondary N) is 1. The Morgan fingerprint density at radius 1 is 1.25 bits per heavy atom. The Kier molecular flexibility index (Phi) is 3.86. The second-order valence-corrected chi connectivity index (χ2v) is 8.51. The zero-order chi connectivity index (χ0) is 15.1. The zero-order valence-corrected chi connectivity index (χ0v) is 13.6. The third kappa shape index (κ3) is 2.84. The number of aromatic amines is 1. The van der Waals surface area contributed by atoms with Crippen LogP contribution in [0.3, 0.4) is 0 Å². The zero-order valence-electron chi connectivity index (χ0n) is 12.4. The van der Waals surface area contributed by atoms with E-state index in [2.05, 4.69) is 23.1 Å². The van der Waals surface area contributed by atoms with Gasteiger partial charge in [-0.3, -0.25) is 0 Å². The minimum absolute atomic E-state index is 0.218. The van der Waals surface area contributed by atoms with Crippen LogP contribution in [-0.4, -0.2) is 19.0 Å². The molecule has 1 heterocycles. The summed E-state index contributed by atoms with van der Waals surface area (Å²) in [5, 5.41) is 0. The molecule has 20 heavy (non-hydrogen) atoms. The quantitative estimate of drug-likeness (QED) is 0.864. The lowest BCUT2D eigenvalue weighted by atomic mass is 9.85. The van der Waals surface area contributed by atoms with Gasteiger partial charge >= 0.3 is 0 Å². The van der Waals surface area contributed by atoms with Crippen molar-refractivity contribution < 1.29 is 13.2 Å². The fraction of sp³-hybridized carbons (Fsp3) is 0.500. The molecule has 0 unspecified atom stereocenters. The molecule has 2 rings (SSSR count). The topological polar surface area (TPSA) is 37.9 Å². The maximum atomic E-state index is 12.8. The number of halogens is 2. The molecule has 0 aliphatic rings. The van der Waals surface area contributed by atoms with Crippen molar-refractivity contribution in [1.29, 1.82) is 0 Å². The molecular weight excluding hydrogens is 278 g/mol. The summed E-state index contributed by atoms with van der Waals surface area (Å²) in [6.45, 7) is 10.3. The first-order valence-corrected chi connectivity index (χ1v) is 9.46. The van der Waals surface area contributed by atoms with Crippen LogP contribution in [0.5, 0.6) is 5.75 Å². The Labute approximate surface area is 119 Å². The minimum atomic E-state index is -2.60. The van der Waals surface area contributed by atoms with Crippen molar-refractivity contribution in [1.82, 2.24) is 9.97 Å². The Bertz CT molecular complexity index is 617. The summed E-state index contributed by atoms with van der Waals surface area (Å²) in [5.41, 5.74) is 1.91. The van der Waals surface area contributed by atoms with E-state index >= 15 is 0 Å². The molecule has 0 aliphatic carbocycles. The number of alkyl halides is 2. The van der Waals surface area contributed by atoms with Crippen LogP contribution in [0.15, 0.2) is 12.1 Å². The number of aromatic nitrogens is 2. The Hall–Kier alpha value is -1.43. The van der Waals surface area contributed by atoms with Gasteiger partial charge in [-0.15, -0.1) is 0 Å². The molecular formula is C14H20F2N2OSi. The third-order valence-corrected chi connectivity index (χ3v) is 3.68. The Balaban J connectivity index is 2.69. The molecule has 0 spiro atoms. The lowest BCUT2D eigenvalue weighted by molar-refractivity contribution is 0.142. The van der Waals surface area contributed by atoms with E-state index in [1.165, 1.54) is 0 Å². The first kappa shape index (κ1) is 15.0. The molecule has 1 aromatic carbocycles. The molecule has 0 saturated carbocycles. The van der Waals surface area contributed by atoms with Crippen molar-refractivity contribution in [3.8, 4) is 5.75 Å². The highest BCUT2D eigenvalue weighted by Gasteiger charge is 2.25.